The molecule has 28 heavy (non-hydrogen) atoms. The number of halogens is 1. The minimum Gasteiger partial charge on any atom is -0.375 e. The Labute approximate surface area is 186 Å². The van der Waals surface area contributed by atoms with Crippen LogP contribution in [-0.2, 0) is 16.0 Å². The van der Waals surface area contributed by atoms with Crippen LogP contribution in [0.2, 0.25) is 0 Å². The van der Waals surface area contributed by atoms with Crippen molar-refractivity contribution in [2.24, 2.45) is 4.99 Å². The average Bonchev–Trinajstić information content (AvgIpc) is 3.24. The Bertz CT molecular complexity index is 581. The molecule has 2 aliphatic heterocycles. The lowest BCUT2D eigenvalue weighted by atomic mass is 10.1. The summed E-state index contributed by atoms with van der Waals surface area (Å²) in [5.74, 6) is 0.979. The van der Waals surface area contributed by atoms with Crippen molar-refractivity contribution in [2.45, 2.75) is 38.0 Å². The van der Waals surface area contributed by atoms with Crippen LogP contribution in [0, 0.1) is 0 Å². The molecule has 7 heteroatoms. The zero-order chi connectivity index (χ0) is 18.9. The smallest absolute Gasteiger partial charge is 0.193 e. The standard InChI is InChI=1S/C21H34N4O2.HI/c1-22-21(25-13-15-27-20(17-25)19-10-6-14-26-19)23-11-7-12-24(2)16-18-8-4-3-5-9-18;/h3-5,8-9,19-20H,6-7,10-17H2,1-2H3,(H,22,23);1H. The highest BCUT2D eigenvalue weighted by molar-refractivity contribution is 14.0. The van der Waals surface area contributed by atoms with Crippen LogP contribution in [0.5, 0.6) is 0 Å². The van der Waals surface area contributed by atoms with E-state index in [4.69, 9.17) is 9.47 Å². The summed E-state index contributed by atoms with van der Waals surface area (Å²) in [6.07, 6.45) is 3.75. The molecule has 2 unspecified atom stereocenters. The number of morpholine rings is 1. The van der Waals surface area contributed by atoms with Gasteiger partial charge in [0.2, 0.25) is 0 Å². The molecule has 2 heterocycles. The SMILES string of the molecule is CN=C(NCCCN(C)Cc1ccccc1)N1CCOC(C2CCCO2)C1.I. The number of rotatable bonds is 7. The zero-order valence-corrected chi connectivity index (χ0v) is 19.5. The van der Waals surface area contributed by atoms with Gasteiger partial charge in [0.1, 0.15) is 6.10 Å². The third-order valence-corrected chi connectivity index (χ3v) is 5.28. The molecular weight excluding hydrogens is 467 g/mol. The average molecular weight is 502 g/mol. The van der Waals surface area contributed by atoms with Crippen molar-refractivity contribution >= 4 is 29.9 Å². The summed E-state index contributed by atoms with van der Waals surface area (Å²) in [5.41, 5.74) is 1.36. The summed E-state index contributed by atoms with van der Waals surface area (Å²) in [6, 6.07) is 10.6. The summed E-state index contributed by atoms with van der Waals surface area (Å²) in [7, 11) is 4.04. The number of benzene rings is 1. The van der Waals surface area contributed by atoms with Crippen LogP contribution in [0.1, 0.15) is 24.8 Å². The Morgan fingerprint density at radius 1 is 1.21 bits per heavy atom. The van der Waals surface area contributed by atoms with Gasteiger partial charge in [-0.25, -0.2) is 0 Å². The van der Waals surface area contributed by atoms with Crippen molar-refractivity contribution in [2.75, 3.05) is 53.5 Å². The molecule has 0 aromatic heterocycles. The molecule has 0 bridgehead atoms. The first-order valence-corrected chi connectivity index (χ1v) is 10.2. The van der Waals surface area contributed by atoms with Crippen LogP contribution >= 0.6 is 24.0 Å². The van der Waals surface area contributed by atoms with E-state index in [-0.39, 0.29) is 36.2 Å². The topological polar surface area (TPSA) is 49.3 Å². The second kappa shape index (κ2) is 12.6. The molecule has 0 amide bonds. The van der Waals surface area contributed by atoms with E-state index in [0.29, 0.717) is 0 Å². The quantitative estimate of drug-likeness (QED) is 0.269. The van der Waals surface area contributed by atoms with Gasteiger partial charge in [0, 0.05) is 39.8 Å². The van der Waals surface area contributed by atoms with Gasteiger partial charge in [-0.05, 0) is 38.4 Å². The maximum Gasteiger partial charge on any atom is 0.193 e. The van der Waals surface area contributed by atoms with Gasteiger partial charge in [-0.1, -0.05) is 30.3 Å². The lowest BCUT2D eigenvalue weighted by Gasteiger charge is -2.37. The molecule has 0 spiro atoms. The third-order valence-electron chi connectivity index (χ3n) is 5.28. The molecule has 0 radical (unpaired) electrons. The van der Waals surface area contributed by atoms with Crippen molar-refractivity contribution in [1.82, 2.24) is 15.1 Å². The van der Waals surface area contributed by atoms with E-state index < -0.39 is 0 Å². The highest BCUT2D eigenvalue weighted by atomic mass is 127. The fourth-order valence-corrected chi connectivity index (χ4v) is 3.84. The van der Waals surface area contributed by atoms with Crippen molar-refractivity contribution in [3.63, 3.8) is 0 Å². The maximum atomic E-state index is 5.94. The van der Waals surface area contributed by atoms with Crippen molar-refractivity contribution in [3.8, 4) is 0 Å². The van der Waals surface area contributed by atoms with Gasteiger partial charge in [-0.3, -0.25) is 4.99 Å². The number of nitrogens with zero attached hydrogens (tertiary/aromatic N) is 3. The van der Waals surface area contributed by atoms with Crippen LogP contribution in [0.15, 0.2) is 35.3 Å². The Kier molecular flexibility index (Phi) is 10.5. The fourth-order valence-electron chi connectivity index (χ4n) is 3.84. The first-order chi connectivity index (χ1) is 13.3. The second-order valence-corrected chi connectivity index (χ2v) is 7.46. The van der Waals surface area contributed by atoms with Gasteiger partial charge >= 0.3 is 0 Å². The summed E-state index contributed by atoms with van der Waals surface area (Å²) in [6.45, 7) is 6.32. The predicted molar refractivity (Wildman–Crippen MR) is 124 cm³/mol. The highest BCUT2D eigenvalue weighted by Gasteiger charge is 2.32. The molecular formula is C21H35IN4O2. The molecule has 2 saturated heterocycles. The van der Waals surface area contributed by atoms with E-state index in [2.05, 4.69) is 57.5 Å². The molecule has 158 valence electrons. The van der Waals surface area contributed by atoms with Crippen LogP contribution in [-0.4, -0.2) is 81.5 Å². The molecule has 3 rings (SSSR count). The van der Waals surface area contributed by atoms with Crippen LogP contribution in [0.4, 0.5) is 0 Å². The zero-order valence-electron chi connectivity index (χ0n) is 17.2. The number of nitrogens with one attached hydrogen (secondary N) is 1. The molecule has 2 atom stereocenters. The number of aliphatic imine (C=N–C) groups is 1. The lowest BCUT2D eigenvalue weighted by Crippen LogP contribution is -2.53. The van der Waals surface area contributed by atoms with Gasteiger partial charge in [-0.15, -0.1) is 24.0 Å². The van der Waals surface area contributed by atoms with Crippen LogP contribution in [0.25, 0.3) is 0 Å². The monoisotopic (exact) mass is 502 g/mol. The summed E-state index contributed by atoms with van der Waals surface area (Å²) in [5, 5.41) is 3.52. The molecule has 0 saturated carbocycles. The number of hydrogen-bond donors (Lipinski definition) is 1. The van der Waals surface area contributed by atoms with Gasteiger partial charge < -0.3 is 24.6 Å². The Balaban J connectivity index is 0.00000280. The Morgan fingerprint density at radius 2 is 2.00 bits per heavy atom. The van der Waals surface area contributed by atoms with E-state index in [0.717, 1.165) is 71.2 Å². The lowest BCUT2D eigenvalue weighted by molar-refractivity contribution is -0.0816. The molecule has 0 aliphatic carbocycles. The van der Waals surface area contributed by atoms with Crippen molar-refractivity contribution in [3.05, 3.63) is 35.9 Å². The molecule has 1 N–H and O–H groups in total. The van der Waals surface area contributed by atoms with Crippen LogP contribution < -0.4 is 5.32 Å². The molecule has 2 fully saturated rings. The Morgan fingerprint density at radius 3 is 2.71 bits per heavy atom. The molecule has 1 aromatic rings. The highest BCUT2D eigenvalue weighted by Crippen LogP contribution is 2.21. The predicted octanol–water partition coefficient (Wildman–Crippen LogP) is 2.58. The van der Waals surface area contributed by atoms with Crippen molar-refractivity contribution < 1.29 is 9.47 Å². The molecule has 6 nitrogen and oxygen atoms in total. The van der Waals surface area contributed by atoms with E-state index >= 15 is 0 Å². The third kappa shape index (κ3) is 7.17. The fraction of sp³-hybridized carbons (Fsp3) is 0.667. The van der Waals surface area contributed by atoms with Crippen LogP contribution in [0.3, 0.4) is 0 Å². The van der Waals surface area contributed by atoms with Crippen molar-refractivity contribution in [1.29, 1.82) is 0 Å². The van der Waals surface area contributed by atoms with Gasteiger partial charge in [0.05, 0.1) is 12.7 Å². The number of hydrogen-bond acceptors (Lipinski definition) is 4. The van der Waals surface area contributed by atoms with Gasteiger partial charge in [-0.2, -0.15) is 0 Å². The Hall–Kier alpha value is -0.900. The molecule has 1 aromatic carbocycles. The minimum atomic E-state index is 0. The van der Waals surface area contributed by atoms with E-state index in [1.165, 1.54) is 5.56 Å². The number of ether oxygens (including phenoxy) is 2. The normalized spacial score (nSPS) is 23.0. The summed E-state index contributed by atoms with van der Waals surface area (Å²) in [4.78, 5) is 9.15. The first kappa shape index (κ1) is 23.4. The summed E-state index contributed by atoms with van der Waals surface area (Å²) < 4.78 is 11.8. The van der Waals surface area contributed by atoms with E-state index in [1.54, 1.807) is 0 Å². The molecule has 2 aliphatic rings. The second-order valence-electron chi connectivity index (χ2n) is 7.46. The number of guanidine groups is 1. The minimum absolute atomic E-state index is 0. The summed E-state index contributed by atoms with van der Waals surface area (Å²) >= 11 is 0. The largest absolute Gasteiger partial charge is 0.375 e. The van der Waals surface area contributed by atoms with E-state index in [1.807, 2.05) is 7.05 Å². The first-order valence-electron chi connectivity index (χ1n) is 10.2. The van der Waals surface area contributed by atoms with Gasteiger partial charge in [0.15, 0.2) is 5.96 Å². The van der Waals surface area contributed by atoms with Gasteiger partial charge in [0.25, 0.3) is 0 Å². The van der Waals surface area contributed by atoms with E-state index in [9.17, 15) is 0 Å². The maximum absolute atomic E-state index is 5.94.